The molecule has 0 unspecified atom stereocenters. The number of ether oxygens (including phenoxy) is 1. The maximum atomic E-state index is 11.8. The molecule has 2 aromatic rings. The SMILES string of the molecule is COc1ncc(NC(=O)CCc2sccc2C)cn1. The van der Waals surface area contributed by atoms with Gasteiger partial charge in [-0.25, -0.2) is 9.97 Å². The standard InChI is InChI=1S/C13H15N3O2S/c1-9-5-6-19-11(9)3-4-12(17)16-10-7-14-13(18-2)15-8-10/h5-8H,3-4H2,1-2H3,(H,16,17). The monoisotopic (exact) mass is 277 g/mol. The smallest absolute Gasteiger partial charge is 0.316 e. The molecule has 0 saturated heterocycles. The first-order chi connectivity index (χ1) is 9.19. The van der Waals surface area contributed by atoms with E-state index in [1.807, 2.05) is 5.38 Å². The molecular weight excluding hydrogens is 262 g/mol. The van der Waals surface area contributed by atoms with Gasteiger partial charge >= 0.3 is 6.01 Å². The first-order valence-corrected chi connectivity index (χ1v) is 6.76. The normalized spacial score (nSPS) is 10.2. The zero-order chi connectivity index (χ0) is 13.7. The highest BCUT2D eigenvalue weighted by Gasteiger charge is 2.06. The van der Waals surface area contributed by atoms with Crippen molar-refractivity contribution in [2.45, 2.75) is 19.8 Å². The Balaban J connectivity index is 1.85. The molecule has 0 radical (unpaired) electrons. The van der Waals surface area contributed by atoms with E-state index in [1.54, 1.807) is 11.3 Å². The van der Waals surface area contributed by atoms with Gasteiger partial charge in [0.15, 0.2) is 0 Å². The zero-order valence-electron chi connectivity index (χ0n) is 10.8. The maximum Gasteiger partial charge on any atom is 0.316 e. The topological polar surface area (TPSA) is 64.1 Å². The molecule has 19 heavy (non-hydrogen) atoms. The van der Waals surface area contributed by atoms with E-state index in [-0.39, 0.29) is 11.9 Å². The molecule has 100 valence electrons. The lowest BCUT2D eigenvalue weighted by molar-refractivity contribution is -0.116. The number of amides is 1. The molecule has 0 saturated carbocycles. The van der Waals surface area contributed by atoms with Crippen molar-refractivity contribution in [3.8, 4) is 6.01 Å². The van der Waals surface area contributed by atoms with Crippen LogP contribution in [0.2, 0.25) is 0 Å². The van der Waals surface area contributed by atoms with Gasteiger partial charge in [-0.15, -0.1) is 11.3 Å². The average molecular weight is 277 g/mol. The largest absolute Gasteiger partial charge is 0.467 e. The number of nitrogens with one attached hydrogen (secondary N) is 1. The van der Waals surface area contributed by atoms with Gasteiger partial charge in [-0.05, 0) is 30.4 Å². The Bertz CT molecular complexity index is 551. The summed E-state index contributed by atoms with van der Waals surface area (Å²) in [5.74, 6) is -0.0402. The summed E-state index contributed by atoms with van der Waals surface area (Å²) in [4.78, 5) is 20.9. The van der Waals surface area contributed by atoms with Crippen LogP contribution >= 0.6 is 11.3 Å². The number of methoxy groups -OCH3 is 1. The van der Waals surface area contributed by atoms with Crippen molar-refractivity contribution in [3.05, 3.63) is 34.3 Å². The molecule has 2 aromatic heterocycles. The lowest BCUT2D eigenvalue weighted by atomic mass is 10.2. The van der Waals surface area contributed by atoms with Crippen LogP contribution in [0.1, 0.15) is 16.9 Å². The molecule has 2 heterocycles. The van der Waals surface area contributed by atoms with Crippen LogP contribution in [0.15, 0.2) is 23.8 Å². The summed E-state index contributed by atoms with van der Waals surface area (Å²) in [5, 5.41) is 4.80. The Morgan fingerprint density at radius 1 is 1.42 bits per heavy atom. The fraction of sp³-hybridized carbons (Fsp3) is 0.308. The van der Waals surface area contributed by atoms with Crippen molar-refractivity contribution >= 4 is 22.9 Å². The molecule has 0 bridgehead atoms. The number of aromatic nitrogens is 2. The Morgan fingerprint density at radius 3 is 2.74 bits per heavy atom. The van der Waals surface area contributed by atoms with Crippen LogP contribution < -0.4 is 10.1 Å². The summed E-state index contributed by atoms with van der Waals surface area (Å²) < 4.78 is 4.85. The quantitative estimate of drug-likeness (QED) is 0.911. The summed E-state index contributed by atoms with van der Waals surface area (Å²) in [6.45, 7) is 2.06. The van der Waals surface area contributed by atoms with Crippen LogP contribution in [-0.4, -0.2) is 23.0 Å². The molecule has 6 heteroatoms. The zero-order valence-corrected chi connectivity index (χ0v) is 11.7. The van der Waals surface area contributed by atoms with Gasteiger partial charge in [-0.1, -0.05) is 0 Å². The number of anilines is 1. The second kappa shape index (κ2) is 6.29. The lowest BCUT2D eigenvalue weighted by Gasteiger charge is -2.04. The molecule has 0 atom stereocenters. The number of nitrogens with zero attached hydrogens (tertiary/aromatic N) is 2. The Kier molecular flexibility index (Phi) is 4.46. The minimum atomic E-state index is -0.0402. The minimum absolute atomic E-state index is 0.0402. The third kappa shape index (κ3) is 3.75. The number of carbonyl (C=O) groups excluding carboxylic acids is 1. The molecule has 1 amide bonds. The summed E-state index contributed by atoms with van der Waals surface area (Å²) in [6, 6.07) is 2.35. The first kappa shape index (κ1) is 13.5. The molecular formula is C13H15N3O2S. The number of carbonyl (C=O) groups is 1. The second-order valence-electron chi connectivity index (χ2n) is 4.03. The van der Waals surface area contributed by atoms with Gasteiger partial charge in [0.1, 0.15) is 0 Å². The van der Waals surface area contributed by atoms with Crippen molar-refractivity contribution in [1.82, 2.24) is 9.97 Å². The molecule has 0 fully saturated rings. The highest BCUT2D eigenvalue weighted by molar-refractivity contribution is 7.10. The van der Waals surface area contributed by atoms with Gasteiger partial charge in [0, 0.05) is 11.3 Å². The third-order valence-electron chi connectivity index (χ3n) is 2.64. The highest BCUT2D eigenvalue weighted by Crippen LogP contribution is 2.17. The van der Waals surface area contributed by atoms with Gasteiger partial charge in [-0.2, -0.15) is 0 Å². The van der Waals surface area contributed by atoms with Crippen LogP contribution in [0.5, 0.6) is 6.01 Å². The maximum absolute atomic E-state index is 11.8. The molecule has 0 aromatic carbocycles. The predicted molar refractivity (Wildman–Crippen MR) is 74.6 cm³/mol. The third-order valence-corrected chi connectivity index (χ3v) is 3.72. The molecule has 0 spiro atoms. The van der Waals surface area contributed by atoms with Crippen LogP contribution in [-0.2, 0) is 11.2 Å². The summed E-state index contributed by atoms with van der Waals surface area (Å²) in [6.07, 6.45) is 4.26. The van der Waals surface area contributed by atoms with E-state index in [2.05, 4.69) is 28.3 Å². The lowest BCUT2D eigenvalue weighted by Crippen LogP contribution is -2.12. The molecule has 5 nitrogen and oxygen atoms in total. The molecule has 1 N–H and O–H groups in total. The van der Waals surface area contributed by atoms with Crippen molar-refractivity contribution in [2.75, 3.05) is 12.4 Å². The van der Waals surface area contributed by atoms with E-state index in [9.17, 15) is 4.79 Å². The molecule has 0 aliphatic carbocycles. The fourth-order valence-corrected chi connectivity index (χ4v) is 2.51. The van der Waals surface area contributed by atoms with Gasteiger partial charge in [0.05, 0.1) is 25.2 Å². The highest BCUT2D eigenvalue weighted by atomic mass is 32.1. The van der Waals surface area contributed by atoms with Crippen LogP contribution in [0.25, 0.3) is 0 Å². The Morgan fingerprint density at radius 2 is 2.16 bits per heavy atom. The van der Waals surface area contributed by atoms with Crippen molar-refractivity contribution in [2.24, 2.45) is 0 Å². The average Bonchev–Trinajstić information content (AvgIpc) is 2.83. The minimum Gasteiger partial charge on any atom is -0.467 e. The number of aryl methyl sites for hydroxylation is 2. The number of rotatable bonds is 5. The Labute approximate surface area is 115 Å². The molecule has 0 aliphatic rings. The Hall–Kier alpha value is -1.95. The van der Waals surface area contributed by atoms with E-state index in [1.165, 1.54) is 29.9 Å². The van der Waals surface area contributed by atoms with Crippen molar-refractivity contribution in [3.63, 3.8) is 0 Å². The van der Waals surface area contributed by atoms with Crippen LogP contribution in [0.3, 0.4) is 0 Å². The first-order valence-electron chi connectivity index (χ1n) is 5.88. The number of hydrogen-bond acceptors (Lipinski definition) is 5. The summed E-state index contributed by atoms with van der Waals surface area (Å²) in [5.41, 5.74) is 1.82. The number of thiophene rings is 1. The number of hydrogen-bond donors (Lipinski definition) is 1. The van der Waals surface area contributed by atoms with Crippen LogP contribution in [0, 0.1) is 6.92 Å². The second-order valence-corrected chi connectivity index (χ2v) is 5.03. The van der Waals surface area contributed by atoms with Crippen molar-refractivity contribution in [1.29, 1.82) is 0 Å². The van der Waals surface area contributed by atoms with E-state index in [0.717, 1.165) is 6.42 Å². The van der Waals surface area contributed by atoms with Gasteiger partial charge < -0.3 is 10.1 Å². The van der Waals surface area contributed by atoms with Gasteiger partial charge in [0.2, 0.25) is 5.91 Å². The van der Waals surface area contributed by atoms with Crippen LogP contribution in [0.4, 0.5) is 5.69 Å². The van der Waals surface area contributed by atoms with Gasteiger partial charge in [0.25, 0.3) is 0 Å². The predicted octanol–water partition coefficient (Wildman–Crippen LogP) is 2.43. The summed E-state index contributed by atoms with van der Waals surface area (Å²) in [7, 11) is 1.50. The fourth-order valence-electron chi connectivity index (χ4n) is 1.60. The van der Waals surface area contributed by atoms with Crippen molar-refractivity contribution < 1.29 is 9.53 Å². The van der Waals surface area contributed by atoms with E-state index >= 15 is 0 Å². The molecule has 0 aliphatic heterocycles. The van der Waals surface area contributed by atoms with E-state index in [0.29, 0.717) is 12.1 Å². The molecule has 2 rings (SSSR count). The van der Waals surface area contributed by atoms with Gasteiger partial charge in [-0.3, -0.25) is 4.79 Å². The van der Waals surface area contributed by atoms with E-state index in [4.69, 9.17) is 4.74 Å². The summed E-state index contributed by atoms with van der Waals surface area (Å²) >= 11 is 1.68. The van der Waals surface area contributed by atoms with E-state index < -0.39 is 0 Å².